The zero-order valence-corrected chi connectivity index (χ0v) is 11.3. The maximum absolute atomic E-state index is 12.3. The van der Waals surface area contributed by atoms with E-state index in [2.05, 4.69) is 0 Å². The van der Waals surface area contributed by atoms with Gasteiger partial charge in [0, 0.05) is 12.1 Å². The van der Waals surface area contributed by atoms with Crippen molar-refractivity contribution in [3.05, 3.63) is 28.3 Å². The Balaban J connectivity index is 2.47. The van der Waals surface area contributed by atoms with E-state index < -0.39 is 5.97 Å². The summed E-state index contributed by atoms with van der Waals surface area (Å²) >= 11 is 0. The number of fused-ring (bicyclic) bond motifs is 1. The first-order chi connectivity index (χ1) is 8.95. The van der Waals surface area contributed by atoms with Crippen molar-refractivity contribution in [2.75, 3.05) is 20.2 Å². The third-order valence-corrected chi connectivity index (χ3v) is 3.54. The molecule has 102 valence electrons. The zero-order chi connectivity index (χ0) is 14.2. The summed E-state index contributed by atoms with van der Waals surface area (Å²) in [6, 6.07) is 1.83. The summed E-state index contributed by atoms with van der Waals surface area (Å²) in [6.07, 6.45) is 0.665. The van der Waals surface area contributed by atoms with Gasteiger partial charge in [-0.15, -0.1) is 0 Å². The molecule has 1 heterocycles. The summed E-state index contributed by atoms with van der Waals surface area (Å²) in [7, 11) is 1.61. The number of carboxylic acid groups (broad SMARTS) is 1. The van der Waals surface area contributed by atoms with E-state index in [1.54, 1.807) is 7.11 Å². The van der Waals surface area contributed by atoms with Gasteiger partial charge in [0.25, 0.3) is 5.91 Å². The van der Waals surface area contributed by atoms with E-state index in [1.807, 2.05) is 19.9 Å². The van der Waals surface area contributed by atoms with Gasteiger partial charge < -0.3 is 14.7 Å². The molecule has 0 spiro atoms. The van der Waals surface area contributed by atoms with Gasteiger partial charge >= 0.3 is 5.97 Å². The molecule has 0 aliphatic carbocycles. The van der Waals surface area contributed by atoms with E-state index in [9.17, 15) is 9.59 Å². The van der Waals surface area contributed by atoms with Crippen molar-refractivity contribution in [1.82, 2.24) is 4.90 Å². The standard InChI is InChI=1S/C14H17NO4/c1-8-6-11(19-3)9(2)10-4-5-15(7-12(16)17)14(18)13(8)10/h6H,4-5,7H2,1-3H3,(H,16,17). The summed E-state index contributed by atoms with van der Waals surface area (Å²) in [6.45, 7) is 3.97. The Morgan fingerprint density at radius 3 is 2.74 bits per heavy atom. The number of aliphatic carboxylic acids is 1. The van der Waals surface area contributed by atoms with Crippen LogP contribution in [0.1, 0.15) is 27.0 Å². The number of ether oxygens (including phenoxy) is 1. The number of aryl methyl sites for hydroxylation is 1. The van der Waals surface area contributed by atoms with E-state index in [1.165, 1.54) is 4.90 Å². The molecule has 0 bridgehead atoms. The van der Waals surface area contributed by atoms with Gasteiger partial charge in [0.1, 0.15) is 12.3 Å². The molecule has 5 heteroatoms. The first kappa shape index (κ1) is 13.4. The van der Waals surface area contributed by atoms with Crippen molar-refractivity contribution in [2.45, 2.75) is 20.3 Å². The van der Waals surface area contributed by atoms with E-state index in [0.29, 0.717) is 18.5 Å². The number of carboxylic acids is 1. The Labute approximate surface area is 111 Å². The highest BCUT2D eigenvalue weighted by Gasteiger charge is 2.29. The second-order valence-electron chi connectivity index (χ2n) is 4.74. The lowest BCUT2D eigenvalue weighted by molar-refractivity contribution is -0.137. The van der Waals surface area contributed by atoms with E-state index in [-0.39, 0.29) is 12.5 Å². The summed E-state index contributed by atoms with van der Waals surface area (Å²) < 4.78 is 5.30. The van der Waals surface area contributed by atoms with Crippen molar-refractivity contribution in [2.24, 2.45) is 0 Å². The molecule has 19 heavy (non-hydrogen) atoms. The van der Waals surface area contributed by atoms with Crippen LogP contribution in [0.4, 0.5) is 0 Å². The average Bonchev–Trinajstić information content (AvgIpc) is 2.35. The second-order valence-corrected chi connectivity index (χ2v) is 4.74. The highest BCUT2D eigenvalue weighted by Crippen LogP contribution is 2.31. The van der Waals surface area contributed by atoms with Crippen LogP contribution < -0.4 is 4.74 Å². The highest BCUT2D eigenvalue weighted by atomic mass is 16.5. The molecule has 1 aliphatic rings. The fourth-order valence-corrected chi connectivity index (χ4v) is 2.59. The Hall–Kier alpha value is -2.04. The number of carbonyl (C=O) groups is 2. The van der Waals surface area contributed by atoms with Crippen molar-refractivity contribution < 1.29 is 19.4 Å². The van der Waals surface area contributed by atoms with Crippen molar-refractivity contribution in [3.63, 3.8) is 0 Å². The predicted octanol–water partition coefficient (Wildman–Crippen LogP) is 1.39. The molecule has 0 saturated carbocycles. The first-order valence-corrected chi connectivity index (χ1v) is 6.13. The molecular weight excluding hydrogens is 246 g/mol. The Kier molecular flexibility index (Phi) is 3.46. The maximum Gasteiger partial charge on any atom is 0.323 e. The molecule has 0 saturated heterocycles. The normalized spacial score (nSPS) is 14.3. The van der Waals surface area contributed by atoms with Crippen LogP contribution in [0.25, 0.3) is 0 Å². The van der Waals surface area contributed by atoms with E-state index >= 15 is 0 Å². The van der Waals surface area contributed by atoms with Crippen LogP contribution in [-0.4, -0.2) is 42.1 Å². The van der Waals surface area contributed by atoms with Gasteiger partial charge in [-0.1, -0.05) is 0 Å². The molecule has 1 amide bonds. The third-order valence-electron chi connectivity index (χ3n) is 3.54. The van der Waals surface area contributed by atoms with Gasteiger partial charge in [0.05, 0.1) is 7.11 Å². The number of rotatable bonds is 3. The first-order valence-electron chi connectivity index (χ1n) is 6.13. The van der Waals surface area contributed by atoms with E-state index in [4.69, 9.17) is 9.84 Å². The number of carbonyl (C=O) groups excluding carboxylic acids is 1. The van der Waals surface area contributed by atoms with Crippen molar-refractivity contribution in [3.8, 4) is 5.75 Å². The third kappa shape index (κ3) is 2.28. The van der Waals surface area contributed by atoms with Crippen LogP contribution >= 0.6 is 0 Å². The number of methoxy groups -OCH3 is 1. The molecule has 0 atom stereocenters. The molecule has 5 nitrogen and oxygen atoms in total. The fraction of sp³-hybridized carbons (Fsp3) is 0.429. The van der Waals surface area contributed by atoms with E-state index in [0.717, 1.165) is 22.4 Å². The molecular formula is C14H17NO4. The lowest BCUT2D eigenvalue weighted by Crippen LogP contribution is -2.41. The Bertz CT molecular complexity index is 551. The van der Waals surface area contributed by atoms with Crippen LogP contribution in [0.15, 0.2) is 6.07 Å². The quantitative estimate of drug-likeness (QED) is 0.895. The lowest BCUT2D eigenvalue weighted by Gasteiger charge is -2.30. The summed E-state index contributed by atoms with van der Waals surface area (Å²) in [5.74, 6) is -0.415. The molecule has 0 fully saturated rings. The van der Waals surface area contributed by atoms with Crippen LogP contribution in [-0.2, 0) is 11.2 Å². The Morgan fingerprint density at radius 2 is 2.16 bits per heavy atom. The van der Waals surface area contributed by atoms with Crippen molar-refractivity contribution in [1.29, 1.82) is 0 Å². The monoisotopic (exact) mass is 263 g/mol. The van der Waals surface area contributed by atoms with Gasteiger partial charge in [-0.2, -0.15) is 0 Å². The van der Waals surface area contributed by atoms with Crippen LogP contribution in [0, 0.1) is 13.8 Å². The largest absolute Gasteiger partial charge is 0.496 e. The maximum atomic E-state index is 12.3. The highest BCUT2D eigenvalue weighted by molar-refractivity contribution is 6.00. The van der Waals surface area contributed by atoms with Gasteiger partial charge in [-0.25, -0.2) is 0 Å². The lowest BCUT2D eigenvalue weighted by atomic mass is 9.90. The zero-order valence-electron chi connectivity index (χ0n) is 11.3. The molecule has 2 rings (SSSR count). The Morgan fingerprint density at radius 1 is 1.47 bits per heavy atom. The van der Waals surface area contributed by atoms with Crippen LogP contribution in [0.2, 0.25) is 0 Å². The smallest absolute Gasteiger partial charge is 0.323 e. The van der Waals surface area contributed by atoms with Crippen LogP contribution in [0.5, 0.6) is 5.75 Å². The van der Waals surface area contributed by atoms with Crippen molar-refractivity contribution >= 4 is 11.9 Å². The van der Waals surface area contributed by atoms with Gasteiger partial charge in [0.2, 0.25) is 0 Å². The molecule has 0 unspecified atom stereocenters. The number of hydrogen-bond donors (Lipinski definition) is 1. The van der Waals surface area contributed by atoms with Gasteiger partial charge in [0.15, 0.2) is 0 Å². The number of nitrogens with zero attached hydrogens (tertiary/aromatic N) is 1. The summed E-state index contributed by atoms with van der Waals surface area (Å²) in [5, 5.41) is 8.82. The predicted molar refractivity (Wildman–Crippen MR) is 69.7 cm³/mol. The summed E-state index contributed by atoms with van der Waals surface area (Å²) in [4.78, 5) is 24.5. The molecule has 0 radical (unpaired) electrons. The number of hydrogen-bond acceptors (Lipinski definition) is 3. The molecule has 0 aromatic heterocycles. The van der Waals surface area contributed by atoms with Gasteiger partial charge in [-0.05, 0) is 43.0 Å². The fourth-order valence-electron chi connectivity index (χ4n) is 2.59. The SMILES string of the molecule is COc1cc(C)c2c(c1C)CCN(CC(=O)O)C2=O. The molecule has 1 aromatic carbocycles. The average molecular weight is 263 g/mol. The molecule has 1 aromatic rings. The molecule has 1 N–H and O–H groups in total. The van der Waals surface area contributed by atoms with Crippen LogP contribution in [0.3, 0.4) is 0 Å². The second kappa shape index (κ2) is 4.91. The minimum absolute atomic E-state index is 0.202. The minimum atomic E-state index is -0.986. The minimum Gasteiger partial charge on any atom is -0.496 e. The summed E-state index contributed by atoms with van der Waals surface area (Å²) in [5.41, 5.74) is 3.40. The number of benzene rings is 1. The topological polar surface area (TPSA) is 66.8 Å². The number of amides is 1. The van der Waals surface area contributed by atoms with Gasteiger partial charge in [-0.3, -0.25) is 9.59 Å². The molecule has 1 aliphatic heterocycles.